The van der Waals surface area contributed by atoms with Crippen LogP contribution in [0.4, 0.5) is 0 Å². The number of unbranched alkanes of at least 4 members (excludes halogenated alkanes) is 1. The van der Waals surface area contributed by atoms with Gasteiger partial charge in [-0.25, -0.2) is 0 Å². The highest BCUT2D eigenvalue weighted by atomic mass is 14.1. The highest BCUT2D eigenvalue weighted by molar-refractivity contribution is 5.86. The van der Waals surface area contributed by atoms with Gasteiger partial charge in [0.2, 0.25) is 0 Å². The highest BCUT2D eigenvalue weighted by Crippen LogP contribution is 2.25. The molecule has 0 aromatic heterocycles. The van der Waals surface area contributed by atoms with Crippen LogP contribution in [0.3, 0.4) is 0 Å². The molecule has 0 saturated heterocycles. The van der Waals surface area contributed by atoms with Crippen molar-refractivity contribution in [2.24, 2.45) is 0 Å². The quantitative estimate of drug-likeness (QED) is 0.615. The molecule has 0 nitrogen and oxygen atoms in total. The fraction of sp³-hybridized carbons (Fsp3) is 0.333. The van der Waals surface area contributed by atoms with Gasteiger partial charge in [-0.2, -0.15) is 0 Å². The van der Waals surface area contributed by atoms with Crippen molar-refractivity contribution in [3.63, 3.8) is 0 Å². The lowest BCUT2D eigenvalue weighted by Gasteiger charge is -2.08. The van der Waals surface area contributed by atoms with E-state index in [4.69, 9.17) is 0 Å². The Balaban J connectivity index is 2.38. The molecule has 0 amide bonds. The minimum Gasteiger partial charge on any atom is -0.0807 e. The summed E-state index contributed by atoms with van der Waals surface area (Å²) in [5, 5.41) is 2.67. The van der Waals surface area contributed by atoms with E-state index in [0.29, 0.717) is 0 Å². The summed E-state index contributed by atoms with van der Waals surface area (Å²) < 4.78 is 0. The summed E-state index contributed by atoms with van der Waals surface area (Å²) in [7, 11) is 0. The summed E-state index contributed by atoms with van der Waals surface area (Å²) in [4.78, 5) is 0. The van der Waals surface area contributed by atoms with Crippen LogP contribution in [0.5, 0.6) is 0 Å². The Morgan fingerprint density at radius 1 is 0.944 bits per heavy atom. The molecule has 2 aromatic rings. The Labute approximate surface area is 110 Å². The molecule has 0 aliphatic carbocycles. The molecule has 0 unspecified atom stereocenters. The summed E-state index contributed by atoms with van der Waals surface area (Å²) in [5.41, 5.74) is 2.90. The smallest absolute Gasteiger partial charge is 0.0178 e. The third kappa shape index (κ3) is 3.01. The first-order valence-corrected chi connectivity index (χ1v) is 7.03. The zero-order valence-corrected chi connectivity index (χ0v) is 11.4. The van der Waals surface area contributed by atoms with E-state index in [-0.39, 0.29) is 0 Å². The molecule has 0 aliphatic heterocycles. The Hall–Kier alpha value is -1.56. The largest absolute Gasteiger partial charge is 0.0807 e. The molecule has 18 heavy (non-hydrogen) atoms. The van der Waals surface area contributed by atoms with Crippen LogP contribution < -0.4 is 0 Å². The average molecular weight is 238 g/mol. The lowest BCUT2D eigenvalue weighted by atomic mass is 9.97. The first-order valence-electron chi connectivity index (χ1n) is 7.03. The lowest BCUT2D eigenvalue weighted by Crippen LogP contribution is -1.86. The van der Waals surface area contributed by atoms with Crippen molar-refractivity contribution in [3.8, 4) is 0 Å². The standard InChI is InChI=1S/C18H22/c1-3-5-9-15(8-4-2)18-13-12-16-10-6-7-11-17(16)14-18/h6-7,9-14H,3-5,8H2,1-2H3/b15-9+. The Bertz CT molecular complexity index is 534. The molecule has 0 saturated carbocycles. The van der Waals surface area contributed by atoms with Gasteiger partial charge in [0.25, 0.3) is 0 Å². The number of hydrogen-bond acceptors (Lipinski definition) is 0. The van der Waals surface area contributed by atoms with Crippen molar-refractivity contribution < 1.29 is 0 Å². The van der Waals surface area contributed by atoms with E-state index in [1.165, 1.54) is 47.6 Å². The van der Waals surface area contributed by atoms with E-state index in [2.05, 4.69) is 62.4 Å². The molecule has 0 aliphatic rings. The van der Waals surface area contributed by atoms with Crippen molar-refractivity contribution in [1.29, 1.82) is 0 Å². The third-order valence-electron chi connectivity index (χ3n) is 3.32. The molecule has 0 fully saturated rings. The van der Waals surface area contributed by atoms with Crippen LogP contribution in [0.15, 0.2) is 48.5 Å². The van der Waals surface area contributed by atoms with Crippen molar-refractivity contribution in [3.05, 3.63) is 54.1 Å². The zero-order chi connectivity index (χ0) is 12.8. The van der Waals surface area contributed by atoms with E-state index < -0.39 is 0 Å². The predicted octanol–water partition coefficient (Wildman–Crippen LogP) is 5.82. The summed E-state index contributed by atoms with van der Waals surface area (Å²) in [6, 6.07) is 15.4. The molecule has 0 heterocycles. The van der Waals surface area contributed by atoms with Crippen molar-refractivity contribution in [1.82, 2.24) is 0 Å². The minimum absolute atomic E-state index is 1.18. The molecule has 0 radical (unpaired) electrons. The average Bonchev–Trinajstić information content (AvgIpc) is 2.43. The maximum Gasteiger partial charge on any atom is -0.0178 e. The second-order valence-electron chi connectivity index (χ2n) is 4.83. The van der Waals surface area contributed by atoms with Crippen molar-refractivity contribution in [2.75, 3.05) is 0 Å². The van der Waals surface area contributed by atoms with Crippen LogP contribution in [-0.4, -0.2) is 0 Å². The first kappa shape index (κ1) is 12.9. The molecule has 94 valence electrons. The van der Waals surface area contributed by atoms with Gasteiger partial charge in [0.15, 0.2) is 0 Å². The van der Waals surface area contributed by atoms with Gasteiger partial charge in [-0.1, -0.05) is 69.2 Å². The number of allylic oxidation sites excluding steroid dienone is 2. The fourth-order valence-corrected chi connectivity index (χ4v) is 2.34. The molecule has 2 aromatic carbocycles. The second-order valence-corrected chi connectivity index (χ2v) is 4.83. The Morgan fingerprint density at radius 3 is 2.44 bits per heavy atom. The summed E-state index contributed by atoms with van der Waals surface area (Å²) >= 11 is 0. The van der Waals surface area contributed by atoms with Crippen LogP contribution in [0, 0.1) is 0 Å². The molecule has 0 bridgehead atoms. The Kier molecular flexibility index (Phi) is 4.58. The second kappa shape index (κ2) is 6.39. The van der Waals surface area contributed by atoms with Crippen LogP contribution >= 0.6 is 0 Å². The van der Waals surface area contributed by atoms with Crippen LogP contribution in [0.25, 0.3) is 16.3 Å². The highest BCUT2D eigenvalue weighted by Gasteiger charge is 2.01. The summed E-state index contributed by atoms with van der Waals surface area (Å²) in [5.74, 6) is 0. The van der Waals surface area contributed by atoms with Crippen LogP contribution in [-0.2, 0) is 0 Å². The van der Waals surface area contributed by atoms with E-state index >= 15 is 0 Å². The van der Waals surface area contributed by atoms with E-state index in [9.17, 15) is 0 Å². The van der Waals surface area contributed by atoms with Gasteiger partial charge in [0.05, 0.1) is 0 Å². The monoisotopic (exact) mass is 238 g/mol. The third-order valence-corrected chi connectivity index (χ3v) is 3.32. The number of fused-ring (bicyclic) bond motifs is 1. The molecule has 0 N–H and O–H groups in total. The molecular weight excluding hydrogens is 216 g/mol. The molecule has 0 atom stereocenters. The zero-order valence-electron chi connectivity index (χ0n) is 11.4. The van der Waals surface area contributed by atoms with Gasteiger partial charge in [0, 0.05) is 0 Å². The van der Waals surface area contributed by atoms with Gasteiger partial charge in [-0.15, -0.1) is 0 Å². The topological polar surface area (TPSA) is 0 Å². The first-order chi connectivity index (χ1) is 8.85. The van der Waals surface area contributed by atoms with Gasteiger partial charge in [0.1, 0.15) is 0 Å². The Morgan fingerprint density at radius 2 is 1.72 bits per heavy atom. The van der Waals surface area contributed by atoms with Crippen LogP contribution in [0.2, 0.25) is 0 Å². The minimum atomic E-state index is 1.18. The summed E-state index contributed by atoms with van der Waals surface area (Å²) in [6.45, 7) is 4.49. The maximum absolute atomic E-state index is 2.41. The lowest BCUT2D eigenvalue weighted by molar-refractivity contribution is 0.933. The van der Waals surface area contributed by atoms with E-state index in [0.717, 1.165) is 0 Å². The van der Waals surface area contributed by atoms with Crippen molar-refractivity contribution in [2.45, 2.75) is 39.5 Å². The van der Waals surface area contributed by atoms with Crippen LogP contribution in [0.1, 0.15) is 45.1 Å². The van der Waals surface area contributed by atoms with Gasteiger partial charge in [-0.3, -0.25) is 0 Å². The van der Waals surface area contributed by atoms with Gasteiger partial charge in [-0.05, 0) is 40.8 Å². The maximum atomic E-state index is 2.41. The number of benzene rings is 2. The molecule has 0 spiro atoms. The molecular formula is C18H22. The predicted molar refractivity (Wildman–Crippen MR) is 81.7 cm³/mol. The number of hydrogen-bond donors (Lipinski definition) is 0. The van der Waals surface area contributed by atoms with Gasteiger partial charge < -0.3 is 0 Å². The number of rotatable bonds is 5. The van der Waals surface area contributed by atoms with Gasteiger partial charge >= 0.3 is 0 Å². The van der Waals surface area contributed by atoms with E-state index in [1.807, 2.05) is 0 Å². The normalized spacial score (nSPS) is 12.0. The molecule has 0 heteroatoms. The van der Waals surface area contributed by atoms with Crippen molar-refractivity contribution >= 4 is 16.3 Å². The van der Waals surface area contributed by atoms with E-state index in [1.54, 1.807) is 0 Å². The molecule has 2 rings (SSSR count). The fourth-order valence-electron chi connectivity index (χ4n) is 2.34. The summed E-state index contributed by atoms with van der Waals surface area (Å²) in [6.07, 6.45) is 7.21. The SMILES string of the molecule is CCC/C=C(\CCC)c1ccc2ccccc2c1.